The molecule has 0 radical (unpaired) electrons. The fourth-order valence-electron chi connectivity index (χ4n) is 4.56. The van der Waals surface area contributed by atoms with E-state index in [1.165, 1.54) is 22.8 Å². The lowest BCUT2D eigenvalue weighted by Gasteiger charge is -2.30. The number of terminal acetylenes is 1. The molecule has 1 aromatic heterocycles. The fourth-order valence-corrected chi connectivity index (χ4v) is 4.56. The number of aromatic carboxylic acids is 1. The zero-order chi connectivity index (χ0) is 27.1. The minimum atomic E-state index is -1.35. The summed E-state index contributed by atoms with van der Waals surface area (Å²) in [5.41, 5.74) is 1.40. The summed E-state index contributed by atoms with van der Waals surface area (Å²) in [6.07, 6.45) is 7.01. The Labute approximate surface area is 213 Å². The van der Waals surface area contributed by atoms with Crippen molar-refractivity contribution in [3.8, 4) is 12.3 Å². The summed E-state index contributed by atoms with van der Waals surface area (Å²) in [4.78, 5) is 43.3. The lowest BCUT2D eigenvalue weighted by Crippen LogP contribution is -2.30. The van der Waals surface area contributed by atoms with Gasteiger partial charge in [0.25, 0.3) is 5.56 Å². The van der Waals surface area contributed by atoms with Crippen molar-refractivity contribution in [2.75, 3.05) is 11.4 Å². The molecule has 8 nitrogen and oxygen atoms in total. The molecule has 37 heavy (non-hydrogen) atoms. The molecule has 0 saturated heterocycles. The number of nitrogens with zero attached hydrogens (tertiary/aromatic N) is 3. The summed E-state index contributed by atoms with van der Waals surface area (Å²) in [6, 6.07) is 7.33. The Balaban J connectivity index is 1.75. The van der Waals surface area contributed by atoms with Gasteiger partial charge in [0, 0.05) is 5.69 Å². The van der Waals surface area contributed by atoms with Crippen molar-refractivity contribution in [2.45, 2.75) is 53.3 Å². The molecule has 1 aliphatic rings. The number of anilines is 1. The van der Waals surface area contributed by atoms with Gasteiger partial charge in [-0.15, -0.1) is 6.42 Å². The number of carbonyl (C=O) groups is 2. The fraction of sp³-hybridized carbons (Fsp3) is 0.357. The largest absolute Gasteiger partial charge is 0.478 e. The number of rotatable bonds is 6. The lowest BCUT2D eigenvalue weighted by molar-refractivity contribution is -0.157. The second-order valence-corrected chi connectivity index (χ2v) is 10.1. The predicted molar refractivity (Wildman–Crippen MR) is 137 cm³/mol. The van der Waals surface area contributed by atoms with E-state index in [1.54, 1.807) is 33.8 Å². The standard InChI is InChI=1S/C28H28FN3O5/c1-6-11-31(18-8-9-19(26(34)35)22(29)13-18)24-10-7-17-12-23-21(14-20(17)24)25(33)32(16(2)30-23)15-37-27(36)28(3,4)5/h1,8-9,12-14,24H,7,10-11,15H2,2-5H3,(H,34,35). The topological polar surface area (TPSA) is 102 Å². The Morgan fingerprint density at radius 2 is 2.03 bits per heavy atom. The van der Waals surface area contributed by atoms with Gasteiger partial charge in [-0.05, 0) is 82.0 Å². The first-order valence-corrected chi connectivity index (χ1v) is 11.9. The highest BCUT2D eigenvalue weighted by Gasteiger charge is 2.30. The number of carboxylic acids is 1. The van der Waals surface area contributed by atoms with E-state index < -0.39 is 28.7 Å². The SMILES string of the molecule is C#CCN(c1ccc(C(=O)O)c(F)c1)C1CCc2cc3nc(C)n(COC(=O)C(C)(C)C)c(=O)c3cc21. The number of carboxylic acid groups (broad SMARTS) is 1. The first-order valence-electron chi connectivity index (χ1n) is 11.9. The Morgan fingerprint density at radius 1 is 1.30 bits per heavy atom. The smallest absolute Gasteiger partial charge is 0.338 e. The van der Waals surface area contributed by atoms with Gasteiger partial charge in [0.15, 0.2) is 6.73 Å². The number of aromatic nitrogens is 2. The Hall–Kier alpha value is -4.19. The van der Waals surface area contributed by atoms with Crippen molar-refractivity contribution in [2.24, 2.45) is 5.41 Å². The summed E-state index contributed by atoms with van der Waals surface area (Å²) in [5.74, 6) is 0.391. The number of ether oxygens (including phenoxy) is 1. The van der Waals surface area contributed by atoms with E-state index in [0.29, 0.717) is 35.3 Å². The van der Waals surface area contributed by atoms with Crippen LogP contribution in [0.5, 0.6) is 0 Å². The highest BCUT2D eigenvalue weighted by molar-refractivity contribution is 5.88. The molecule has 0 amide bonds. The minimum absolute atomic E-state index is 0.160. The molecule has 9 heteroatoms. The van der Waals surface area contributed by atoms with Gasteiger partial charge in [-0.3, -0.25) is 14.2 Å². The molecule has 1 unspecified atom stereocenters. The van der Waals surface area contributed by atoms with Crippen LogP contribution in [0, 0.1) is 30.5 Å². The molecule has 0 bridgehead atoms. The van der Waals surface area contributed by atoms with Gasteiger partial charge in [-0.25, -0.2) is 14.2 Å². The minimum Gasteiger partial charge on any atom is -0.478 e. The second kappa shape index (κ2) is 9.69. The van der Waals surface area contributed by atoms with Crippen LogP contribution in [0.3, 0.4) is 0 Å². The maximum absolute atomic E-state index is 14.5. The number of benzene rings is 2. The molecule has 3 aromatic rings. The molecule has 1 N–H and O–H groups in total. The normalized spacial score (nSPS) is 14.8. The molecule has 0 saturated carbocycles. The van der Waals surface area contributed by atoms with Crippen LogP contribution in [0.4, 0.5) is 10.1 Å². The van der Waals surface area contributed by atoms with Crippen molar-refractivity contribution < 1.29 is 23.8 Å². The highest BCUT2D eigenvalue weighted by Crippen LogP contribution is 2.40. The Kier molecular flexibility index (Phi) is 6.78. The summed E-state index contributed by atoms with van der Waals surface area (Å²) in [7, 11) is 0. The van der Waals surface area contributed by atoms with Crippen LogP contribution in [-0.4, -0.2) is 33.1 Å². The summed E-state index contributed by atoms with van der Waals surface area (Å²) >= 11 is 0. The number of esters is 1. The van der Waals surface area contributed by atoms with Gasteiger partial charge in [-0.2, -0.15) is 0 Å². The van der Waals surface area contributed by atoms with Crippen molar-refractivity contribution in [1.82, 2.24) is 9.55 Å². The van der Waals surface area contributed by atoms with Crippen LogP contribution < -0.4 is 10.5 Å². The van der Waals surface area contributed by atoms with E-state index >= 15 is 0 Å². The van der Waals surface area contributed by atoms with E-state index in [-0.39, 0.29) is 24.9 Å². The first-order chi connectivity index (χ1) is 17.4. The van der Waals surface area contributed by atoms with Gasteiger partial charge < -0.3 is 14.7 Å². The van der Waals surface area contributed by atoms with Gasteiger partial charge in [0.1, 0.15) is 11.6 Å². The van der Waals surface area contributed by atoms with Crippen LogP contribution in [0.2, 0.25) is 0 Å². The molecular formula is C28H28FN3O5. The second-order valence-electron chi connectivity index (χ2n) is 10.1. The van der Waals surface area contributed by atoms with E-state index in [0.717, 1.165) is 11.1 Å². The summed E-state index contributed by atoms with van der Waals surface area (Å²) in [6.45, 7) is 6.80. The number of aryl methyl sites for hydroxylation is 2. The zero-order valence-electron chi connectivity index (χ0n) is 21.2. The van der Waals surface area contributed by atoms with E-state index in [2.05, 4.69) is 10.9 Å². The molecule has 1 aliphatic carbocycles. The number of carbonyl (C=O) groups excluding carboxylic acids is 1. The predicted octanol–water partition coefficient (Wildman–Crippen LogP) is 4.22. The van der Waals surface area contributed by atoms with Crippen molar-refractivity contribution in [1.29, 1.82) is 0 Å². The first kappa shape index (κ1) is 25.9. The third-order valence-electron chi connectivity index (χ3n) is 6.54. The van der Waals surface area contributed by atoms with Gasteiger partial charge >= 0.3 is 11.9 Å². The Morgan fingerprint density at radius 3 is 2.65 bits per heavy atom. The average molecular weight is 506 g/mol. The van der Waals surface area contributed by atoms with Crippen LogP contribution in [0.1, 0.15) is 60.5 Å². The lowest BCUT2D eigenvalue weighted by atomic mass is 9.98. The molecule has 0 fully saturated rings. The number of halogens is 1. The van der Waals surface area contributed by atoms with Crippen LogP contribution in [0.15, 0.2) is 35.1 Å². The van der Waals surface area contributed by atoms with E-state index in [9.17, 15) is 18.8 Å². The van der Waals surface area contributed by atoms with Gasteiger partial charge in [0.05, 0.1) is 34.5 Å². The van der Waals surface area contributed by atoms with E-state index in [4.69, 9.17) is 16.3 Å². The monoisotopic (exact) mass is 505 g/mol. The number of fused-ring (bicyclic) bond motifs is 2. The molecule has 1 heterocycles. The third-order valence-corrected chi connectivity index (χ3v) is 6.54. The van der Waals surface area contributed by atoms with E-state index in [1.807, 2.05) is 11.0 Å². The molecule has 4 rings (SSSR count). The highest BCUT2D eigenvalue weighted by atomic mass is 19.1. The molecule has 1 atom stereocenters. The maximum atomic E-state index is 14.5. The van der Waals surface area contributed by atoms with Crippen molar-refractivity contribution in [3.63, 3.8) is 0 Å². The van der Waals surface area contributed by atoms with Crippen molar-refractivity contribution >= 4 is 28.5 Å². The number of hydrogen-bond donors (Lipinski definition) is 1. The molecule has 192 valence electrons. The van der Waals surface area contributed by atoms with Gasteiger partial charge in [0.2, 0.25) is 0 Å². The van der Waals surface area contributed by atoms with Crippen LogP contribution >= 0.6 is 0 Å². The molecule has 0 spiro atoms. The molecular weight excluding hydrogens is 477 g/mol. The van der Waals surface area contributed by atoms with Crippen LogP contribution in [-0.2, 0) is 22.7 Å². The number of hydrogen-bond acceptors (Lipinski definition) is 6. The quantitative estimate of drug-likeness (QED) is 0.395. The zero-order valence-corrected chi connectivity index (χ0v) is 21.2. The summed E-state index contributed by atoms with van der Waals surface area (Å²) < 4.78 is 21.2. The summed E-state index contributed by atoms with van der Waals surface area (Å²) in [5, 5.41) is 9.54. The third kappa shape index (κ3) is 4.92. The molecule has 0 aliphatic heterocycles. The average Bonchev–Trinajstić information content (AvgIpc) is 3.22. The molecule has 2 aromatic carbocycles. The maximum Gasteiger partial charge on any atom is 0.338 e. The Bertz CT molecular complexity index is 1510. The van der Waals surface area contributed by atoms with Crippen LogP contribution in [0.25, 0.3) is 10.9 Å². The van der Waals surface area contributed by atoms with Crippen molar-refractivity contribution in [3.05, 3.63) is 69.0 Å². The van der Waals surface area contributed by atoms with Gasteiger partial charge in [-0.1, -0.05) is 5.92 Å².